The Morgan fingerprint density at radius 3 is 2.83 bits per heavy atom. The summed E-state index contributed by atoms with van der Waals surface area (Å²) in [5.41, 5.74) is 1.18. The van der Waals surface area contributed by atoms with Crippen molar-refractivity contribution in [2.75, 3.05) is 39.4 Å². The van der Waals surface area contributed by atoms with Crippen LogP contribution in [0.5, 0.6) is 11.5 Å². The molecular weight excluding hydrogens is 304 g/mol. The normalized spacial score (nSPS) is 20.6. The molecule has 1 aromatic rings. The van der Waals surface area contributed by atoms with Crippen LogP contribution in [0.3, 0.4) is 0 Å². The highest BCUT2D eigenvalue weighted by Gasteiger charge is 2.20. The molecule has 3 rings (SSSR count). The summed E-state index contributed by atoms with van der Waals surface area (Å²) < 4.78 is 11.6. The number of ether oxygens (including phenoxy) is 2. The first kappa shape index (κ1) is 17.5. The first-order valence-electron chi connectivity index (χ1n) is 9.21. The lowest BCUT2D eigenvalue weighted by atomic mass is 9.96. The highest BCUT2D eigenvalue weighted by Crippen LogP contribution is 2.33. The van der Waals surface area contributed by atoms with Gasteiger partial charge in [0.05, 0.1) is 19.3 Å². The van der Waals surface area contributed by atoms with E-state index in [4.69, 9.17) is 9.47 Å². The minimum Gasteiger partial charge on any atom is -0.490 e. The van der Waals surface area contributed by atoms with Gasteiger partial charge in [0.25, 0.3) is 0 Å². The van der Waals surface area contributed by atoms with Gasteiger partial charge in [-0.15, -0.1) is 0 Å². The van der Waals surface area contributed by atoms with Crippen molar-refractivity contribution in [3.63, 3.8) is 0 Å². The number of fused-ring (bicyclic) bond motifs is 1. The molecule has 5 nitrogen and oxygen atoms in total. The molecule has 0 aromatic heterocycles. The molecule has 1 fully saturated rings. The Balaban J connectivity index is 1.44. The smallest absolute Gasteiger partial charge is 0.165 e. The summed E-state index contributed by atoms with van der Waals surface area (Å²) in [6, 6.07) is 6.15. The van der Waals surface area contributed by atoms with Gasteiger partial charge in [-0.25, -0.2) is 0 Å². The first-order chi connectivity index (χ1) is 11.7. The number of aliphatic hydroxyl groups is 1. The Labute approximate surface area is 144 Å². The van der Waals surface area contributed by atoms with Gasteiger partial charge in [-0.3, -0.25) is 0 Å². The highest BCUT2D eigenvalue weighted by atomic mass is 16.5. The van der Waals surface area contributed by atoms with E-state index in [1.54, 1.807) is 0 Å². The van der Waals surface area contributed by atoms with Crippen molar-refractivity contribution in [2.45, 2.75) is 38.8 Å². The van der Waals surface area contributed by atoms with Crippen LogP contribution in [-0.4, -0.2) is 55.5 Å². The summed E-state index contributed by atoms with van der Waals surface area (Å²) in [6.45, 7) is 8.16. The molecule has 24 heavy (non-hydrogen) atoms. The molecule has 2 aliphatic rings. The number of hydrogen-bond donors (Lipinski definition) is 2. The van der Waals surface area contributed by atoms with Crippen molar-refractivity contribution in [1.82, 2.24) is 10.2 Å². The monoisotopic (exact) mass is 334 g/mol. The van der Waals surface area contributed by atoms with Crippen molar-refractivity contribution < 1.29 is 14.6 Å². The summed E-state index contributed by atoms with van der Waals surface area (Å²) in [6.07, 6.45) is 3.11. The number of likely N-dealkylation sites (tertiary alicyclic amines) is 1. The molecule has 1 atom stereocenters. The van der Waals surface area contributed by atoms with Crippen LogP contribution in [0.2, 0.25) is 0 Å². The van der Waals surface area contributed by atoms with Crippen LogP contribution < -0.4 is 14.8 Å². The number of aliphatic hydroxyl groups excluding tert-OH is 1. The zero-order valence-corrected chi connectivity index (χ0v) is 14.7. The van der Waals surface area contributed by atoms with E-state index in [0.29, 0.717) is 0 Å². The van der Waals surface area contributed by atoms with Gasteiger partial charge in [0.15, 0.2) is 11.5 Å². The fourth-order valence-electron chi connectivity index (χ4n) is 3.55. The minimum atomic E-state index is -0.227. The van der Waals surface area contributed by atoms with Crippen molar-refractivity contribution >= 4 is 0 Å². The van der Waals surface area contributed by atoms with Gasteiger partial charge in [-0.05, 0) is 51.4 Å². The number of nitrogens with one attached hydrogen (secondary N) is 1. The summed E-state index contributed by atoms with van der Waals surface area (Å²) in [4.78, 5) is 2.36. The number of β-amino-alcohol motifs (C(OH)–C–C–N with tert-alkyl or cyclic N) is 1. The largest absolute Gasteiger partial charge is 0.490 e. The zero-order valence-electron chi connectivity index (χ0n) is 14.7. The molecule has 0 aliphatic carbocycles. The Hall–Kier alpha value is -1.30. The Kier molecular flexibility index (Phi) is 6.35. The average Bonchev–Trinajstić information content (AvgIpc) is 2.82. The number of hydrogen-bond acceptors (Lipinski definition) is 5. The van der Waals surface area contributed by atoms with Crippen molar-refractivity contribution in [3.05, 3.63) is 23.8 Å². The zero-order chi connectivity index (χ0) is 16.8. The molecule has 0 bridgehead atoms. The Morgan fingerprint density at radius 1 is 1.25 bits per heavy atom. The van der Waals surface area contributed by atoms with Crippen LogP contribution in [-0.2, 0) is 6.54 Å². The quantitative estimate of drug-likeness (QED) is 0.834. The third-order valence-corrected chi connectivity index (χ3v) is 4.83. The third kappa shape index (κ3) is 4.85. The van der Waals surface area contributed by atoms with E-state index in [2.05, 4.69) is 16.3 Å². The molecule has 0 saturated carbocycles. The second kappa shape index (κ2) is 8.70. The fraction of sp³-hybridized carbons (Fsp3) is 0.684. The second-order valence-corrected chi connectivity index (χ2v) is 7.02. The topological polar surface area (TPSA) is 54.0 Å². The number of benzene rings is 1. The molecule has 134 valence electrons. The molecule has 0 spiro atoms. The van der Waals surface area contributed by atoms with E-state index < -0.39 is 0 Å². The van der Waals surface area contributed by atoms with Gasteiger partial charge in [0.1, 0.15) is 0 Å². The molecule has 5 heteroatoms. The van der Waals surface area contributed by atoms with Gasteiger partial charge in [-0.1, -0.05) is 12.1 Å². The molecule has 1 saturated heterocycles. The fourth-order valence-corrected chi connectivity index (χ4v) is 3.55. The lowest BCUT2D eigenvalue weighted by molar-refractivity contribution is 0.0998. The van der Waals surface area contributed by atoms with E-state index >= 15 is 0 Å². The van der Waals surface area contributed by atoms with Crippen LogP contribution in [0.25, 0.3) is 0 Å². The van der Waals surface area contributed by atoms with E-state index in [9.17, 15) is 5.11 Å². The summed E-state index contributed by atoms with van der Waals surface area (Å²) in [7, 11) is 0. The van der Waals surface area contributed by atoms with E-state index in [1.807, 2.05) is 19.1 Å². The Bertz CT molecular complexity index is 513. The van der Waals surface area contributed by atoms with Crippen LogP contribution in [0, 0.1) is 5.92 Å². The van der Waals surface area contributed by atoms with E-state index in [0.717, 1.165) is 69.8 Å². The van der Waals surface area contributed by atoms with Crippen LogP contribution in [0.1, 0.15) is 31.7 Å². The van der Waals surface area contributed by atoms with E-state index in [1.165, 1.54) is 18.4 Å². The first-order valence-corrected chi connectivity index (χ1v) is 9.21. The van der Waals surface area contributed by atoms with Gasteiger partial charge in [0, 0.05) is 25.1 Å². The highest BCUT2D eigenvalue weighted by molar-refractivity contribution is 5.47. The molecule has 0 unspecified atom stereocenters. The van der Waals surface area contributed by atoms with Crippen molar-refractivity contribution in [2.24, 2.45) is 5.92 Å². The standard InChI is InChI=1S/C19H30N2O3/c1-15(22)14-21-8-6-16(7-9-21)12-20-13-17-4-2-5-18-19(17)24-11-3-10-23-18/h2,4-5,15-16,20,22H,3,6-14H2,1H3/t15-/m0/s1. The van der Waals surface area contributed by atoms with Crippen LogP contribution >= 0.6 is 0 Å². The summed E-state index contributed by atoms with van der Waals surface area (Å²) in [5, 5.41) is 13.1. The lowest BCUT2D eigenvalue weighted by Gasteiger charge is -2.32. The molecule has 2 aliphatic heterocycles. The van der Waals surface area contributed by atoms with Crippen LogP contribution in [0.15, 0.2) is 18.2 Å². The van der Waals surface area contributed by atoms with Gasteiger partial charge >= 0.3 is 0 Å². The maximum absolute atomic E-state index is 9.48. The summed E-state index contributed by atoms with van der Waals surface area (Å²) in [5.74, 6) is 2.50. The molecule has 1 aromatic carbocycles. The number of piperidine rings is 1. The second-order valence-electron chi connectivity index (χ2n) is 7.02. The van der Waals surface area contributed by atoms with Crippen LogP contribution in [0.4, 0.5) is 0 Å². The molecule has 0 radical (unpaired) electrons. The number of rotatable bonds is 6. The molecular formula is C19H30N2O3. The number of nitrogens with zero attached hydrogens (tertiary/aromatic N) is 1. The molecule has 2 heterocycles. The summed E-state index contributed by atoms with van der Waals surface area (Å²) >= 11 is 0. The average molecular weight is 334 g/mol. The maximum Gasteiger partial charge on any atom is 0.165 e. The lowest BCUT2D eigenvalue weighted by Crippen LogP contribution is -2.40. The molecule has 2 N–H and O–H groups in total. The SMILES string of the molecule is C[C@H](O)CN1CCC(CNCc2cccc3c2OCCCO3)CC1. The van der Waals surface area contributed by atoms with Crippen molar-refractivity contribution in [3.8, 4) is 11.5 Å². The van der Waals surface area contributed by atoms with Gasteiger partial charge in [0.2, 0.25) is 0 Å². The predicted octanol–water partition coefficient (Wildman–Crippen LogP) is 2.03. The third-order valence-electron chi connectivity index (χ3n) is 4.83. The Morgan fingerprint density at radius 2 is 2.04 bits per heavy atom. The predicted molar refractivity (Wildman–Crippen MR) is 94.6 cm³/mol. The number of para-hydroxylation sites is 1. The molecule has 0 amide bonds. The minimum absolute atomic E-state index is 0.227. The maximum atomic E-state index is 9.48. The van der Waals surface area contributed by atoms with Gasteiger partial charge < -0.3 is 24.8 Å². The van der Waals surface area contributed by atoms with Gasteiger partial charge in [-0.2, -0.15) is 0 Å². The van der Waals surface area contributed by atoms with Crippen molar-refractivity contribution in [1.29, 1.82) is 0 Å². The van der Waals surface area contributed by atoms with E-state index in [-0.39, 0.29) is 6.10 Å².